The van der Waals surface area contributed by atoms with Gasteiger partial charge in [-0.1, -0.05) is 0 Å². The molecule has 3 atom stereocenters. The van der Waals surface area contributed by atoms with Gasteiger partial charge in [0.15, 0.2) is 5.65 Å². The van der Waals surface area contributed by atoms with E-state index in [0.717, 1.165) is 0 Å². The van der Waals surface area contributed by atoms with Crippen molar-refractivity contribution >= 4 is 28.9 Å². The standard InChI is InChI=1S/C23H27F2N7O4/c1-26-19-10-18(28-14-4-3-8-31(22(14)34)15-6-9-36-12-16(15)35-2)30-20-13(11-27-32(19)20)21(33)29-17-5-7-23(17,24)25/h3-4,8,10-11,15-17,26H,5-7,9,12H2,1-2H3,(H,28,30)(H,29,33)/t15-,16+,17?/m0/s1. The number of anilines is 3. The Morgan fingerprint density at radius 1 is 1.33 bits per heavy atom. The van der Waals surface area contributed by atoms with Gasteiger partial charge < -0.3 is 30.0 Å². The van der Waals surface area contributed by atoms with E-state index >= 15 is 0 Å². The van der Waals surface area contributed by atoms with Crippen molar-refractivity contribution in [3.05, 3.63) is 46.5 Å². The third kappa shape index (κ3) is 4.28. The molecule has 3 N–H and O–H groups in total. The third-order valence-corrected chi connectivity index (χ3v) is 6.72. The van der Waals surface area contributed by atoms with Gasteiger partial charge in [0.05, 0.1) is 24.9 Å². The molecular formula is C23H27F2N7O4. The van der Waals surface area contributed by atoms with E-state index in [1.54, 1.807) is 43.1 Å². The molecule has 2 aliphatic rings. The minimum absolute atomic E-state index is 0.0495. The van der Waals surface area contributed by atoms with Crippen molar-refractivity contribution < 1.29 is 23.0 Å². The van der Waals surface area contributed by atoms with Crippen molar-refractivity contribution in [1.82, 2.24) is 24.5 Å². The summed E-state index contributed by atoms with van der Waals surface area (Å²) in [5.41, 5.74) is 0.216. The summed E-state index contributed by atoms with van der Waals surface area (Å²) in [6, 6.07) is 3.61. The summed E-state index contributed by atoms with van der Waals surface area (Å²) in [7, 11) is 3.25. The van der Waals surface area contributed by atoms with E-state index in [1.165, 1.54) is 10.7 Å². The van der Waals surface area contributed by atoms with Crippen molar-refractivity contribution in [3.8, 4) is 0 Å². The van der Waals surface area contributed by atoms with Gasteiger partial charge in [0, 0.05) is 39.4 Å². The van der Waals surface area contributed by atoms with Crippen LogP contribution in [0, 0.1) is 0 Å². The number of carbonyl (C=O) groups excluding carboxylic acids is 1. The van der Waals surface area contributed by atoms with Crippen LogP contribution in [-0.4, -0.2) is 70.5 Å². The van der Waals surface area contributed by atoms with Gasteiger partial charge in [-0.15, -0.1) is 0 Å². The SMILES string of the molecule is CNc1cc(Nc2cccn([C@H]3CCOC[C@H]3OC)c2=O)nc2c(C(=O)NC3CCC3(F)F)cnn12. The van der Waals surface area contributed by atoms with E-state index in [1.807, 2.05) is 0 Å². The second kappa shape index (κ2) is 9.47. The lowest BCUT2D eigenvalue weighted by molar-refractivity contribution is -0.102. The molecule has 1 aliphatic carbocycles. The van der Waals surface area contributed by atoms with Gasteiger partial charge in [0.1, 0.15) is 29.0 Å². The van der Waals surface area contributed by atoms with E-state index in [4.69, 9.17) is 9.47 Å². The van der Waals surface area contributed by atoms with Crippen LogP contribution in [0.3, 0.4) is 0 Å². The summed E-state index contributed by atoms with van der Waals surface area (Å²) < 4.78 is 41.3. The van der Waals surface area contributed by atoms with Crippen molar-refractivity contribution in [3.63, 3.8) is 0 Å². The molecule has 0 spiro atoms. The fraction of sp³-hybridized carbons (Fsp3) is 0.478. The number of rotatable bonds is 7. The molecule has 0 bridgehead atoms. The molecule has 1 unspecified atom stereocenters. The normalized spacial score (nSPS) is 23.2. The number of carbonyl (C=O) groups is 1. The predicted octanol–water partition coefficient (Wildman–Crippen LogP) is 2.18. The predicted molar refractivity (Wildman–Crippen MR) is 127 cm³/mol. The number of hydrogen-bond donors (Lipinski definition) is 3. The molecule has 1 saturated carbocycles. The smallest absolute Gasteiger partial charge is 0.274 e. The highest BCUT2D eigenvalue weighted by Crippen LogP contribution is 2.37. The van der Waals surface area contributed by atoms with E-state index in [9.17, 15) is 18.4 Å². The zero-order valence-corrected chi connectivity index (χ0v) is 19.8. The van der Waals surface area contributed by atoms with Gasteiger partial charge in [0.25, 0.3) is 17.4 Å². The average Bonchev–Trinajstić information content (AvgIpc) is 3.31. The fourth-order valence-corrected chi connectivity index (χ4v) is 4.53. The monoisotopic (exact) mass is 503 g/mol. The molecule has 4 heterocycles. The average molecular weight is 504 g/mol. The Kier molecular flexibility index (Phi) is 6.35. The number of ether oxygens (including phenoxy) is 2. The Balaban J connectivity index is 1.46. The summed E-state index contributed by atoms with van der Waals surface area (Å²) in [6.07, 6.45) is 3.32. The summed E-state index contributed by atoms with van der Waals surface area (Å²) in [5, 5.41) is 12.6. The Bertz CT molecular complexity index is 1340. The van der Waals surface area contributed by atoms with Crippen LogP contribution in [-0.2, 0) is 9.47 Å². The van der Waals surface area contributed by atoms with Gasteiger partial charge in [-0.3, -0.25) is 9.59 Å². The lowest BCUT2D eigenvalue weighted by Crippen LogP contribution is -2.55. The first-order valence-corrected chi connectivity index (χ1v) is 11.7. The number of alkyl halides is 2. The number of aromatic nitrogens is 4. The van der Waals surface area contributed by atoms with Gasteiger partial charge in [-0.05, 0) is 25.0 Å². The largest absolute Gasteiger partial charge is 0.379 e. The molecule has 5 rings (SSSR count). The van der Waals surface area contributed by atoms with Crippen molar-refractivity contribution in [2.24, 2.45) is 0 Å². The van der Waals surface area contributed by atoms with E-state index in [0.29, 0.717) is 25.5 Å². The number of halogens is 2. The van der Waals surface area contributed by atoms with E-state index < -0.39 is 17.9 Å². The third-order valence-electron chi connectivity index (χ3n) is 6.72. The van der Waals surface area contributed by atoms with Gasteiger partial charge in [-0.2, -0.15) is 9.61 Å². The highest BCUT2D eigenvalue weighted by atomic mass is 19.3. The molecular weight excluding hydrogens is 476 g/mol. The molecule has 0 radical (unpaired) electrons. The Hall–Kier alpha value is -3.58. The summed E-state index contributed by atoms with van der Waals surface area (Å²) in [5.74, 6) is -2.85. The maximum Gasteiger partial charge on any atom is 0.274 e. The van der Waals surface area contributed by atoms with Gasteiger partial charge >= 0.3 is 0 Å². The highest BCUT2D eigenvalue weighted by Gasteiger charge is 2.49. The number of amides is 1. The zero-order chi connectivity index (χ0) is 25.4. The van der Waals surface area contributed by atoms with E-state index in [2.05, 4.69) is 26.0 Å². The fourth-order valence-electron chi connectivity index (χ4n) is 4.53. The Labute approximate surface area is 204 Å². The second-order valence-electron chi connectivity index (χ2n) is 8.86. The first kappa shape index (κ1) is 24.1. The molecule has 192 valence electrons. The molecule has 3 aromatic heterocycles. The van der Waals surface area contributed by atoms with Crippen molar-refractivity contribution in [2.75, 3.05) is 38.0 Å². The minimum Gasteiger partial charge on any atom is -0.379 e. The Morgan fingerprint density at radius 3 is 2.86 bits per heavy atom. The molecule has 13 heteroatoms. The van der Waals surface area contributed by atoms with Crippen molar-refractivity contribution in [1.29, 1.82) is 0 Å². The minimum atomic E-state index is -2.92. The maximum atomic E-state index is 13.7. The quantitative estimate of drug-likeness (QED) is 0.448. The van der Waals surface area contributed by atoms with Gasteiger partial charge in [-0.25, -0.2) is 13.8 Å². The number of hydrogen-bond acceptors (Lipinski definition) is 8. The number of methoxy groups -OCH3 is 1. The highest BCUT2D eigenvalue weighted by molar-refractivity contribution is 6.00. The van der Waals surface area contributed by atoms with Crippen LogP contribution in [0.15, 0.2) is 35.4 Å². The lowest BCUT2D eigenvalue weighted by Gasteiger charge is -2.36. The summed E-state index contributed by atoms with van der Waals surface area (Å²) in [6.45, 7) is 0.922. The topological polar surface area (TPSA) is 124 Å². The Morgan fingerprint density at radius 2 is 2.17 bits per heavy atom. The zero-order valence-electron chi connectivity index (χ0n) is 19.8. The number of pyridine rings is 1. The van der Waals surface area contributed by atoms with Crippen LogP contribution >= 0.6 is 0 Å². The van der Waals surface area contributed by atoms with Crippen LogP contribution in [0.1, 0.15) is 35.7 Å². The number of nitrogens with zero attached hydrogens (tertiary/aromatic N) is 4. The van der Waals surface area contributed by atoms with Crippen LogP contribution in [0.5, 0.6) is 0 Å². The van der Waals surface area contributed by atoms with Gasteiger partial charge in [0.2, 0.25) is 0 Å². The van der Waals surface area contributed by atoms with Crippen molar-refractivity contribution in [2.45, 2.75) is 43.4 Å². The molecule has 2 fully saturated rings. The molecule has 1 aliphatic heterocycles. The molecule has 11 nitrogen and oxygen atoms in total. The van der Waals surface area contributed by atoms with Crippen LogP contribution in [0.2, 0.25) is 0 Å². The maximum absolute atomic E-state index is 13.7. The van der Waals surface area contributed by atoms with Crippen LogP contribution < -0.4 is 21.5 Å². The molecule has 36 heavy (non-hydrogen) atoms. The second-order valence-corrected chi connectivity index (χ2v) is 8.86. The molecule has 0 aromatic carbocycles. The first-order valence-electron chi connectivity index (χ1n) is 11.7. The van der Waals surface area contributed by atoms with Crippen LogP contribution in [0.25, 0.3) is 5.65 Å². The summed E-state index contributed by atoms with van der Waals surface area (Å²) >= 11 is 0. The molecule has 1 amide bonds. The number of fused-ring (bicyclic) bond motifs is 1. The lowest BCUT2D eigenvalue weighted by atomic mass is 9.88. The van der Waals surface area contributed by atoms with Crippen LogP contribution in [0.4, 0.5) is 26.1 Å². The summed E-state index contributed by atoms with van der Waals surface area (Å²) in [4.78, 5) is 30.5. The number of nitrogens with one attached hydrogen (secondary N) is 3. The first-order chi connectivity index (χ1) is 17.3. The van der Waals surface area contributed by atoms with E-state index in [-0.39, 0.29) is 53.3 Å². The molecule has 1 saturated heterocycles. The molecule has 3 aromatic rings.